The lowest BCUT2D eigenvalue weighted by Gasteiger charge is -2.07. The van der Waals surface area contributed by atoms with Crippen LogP contribution in [0.15, 0.2) is 51.7 Å². The highest BCUT2D eigenvalue weighted by Crippen LogP contribution is 2.39. The third-order valence-electron chi connectivity index (χ3n) is 5.40. The van der Waals surface area contributed by atoms with Gasteiger partial charge in [0.2, 0.25) is 5.89 Å². The fourth-order valence-corrected chi connectivity index (χ4v) is 3.82. The molecule has 0 bridgehead atoms. The molecule has 0 fully saturated rings. The van der Waals surface area contributed by atoms with Gasteiger partial charge < -0.3 is 9.15 Å². The van der Waals surface area contributed by atoms with Gasteiger partial charge >= 0.3 is 6.18 Å². The first-order chi connectivity index (χ1) is 15.7. The lowest BCUT2D eigenvalue weighted by Crippen LogP contribution is -2.19. The Balaban J connectivity index is 1.81. The number of nitrogens with zero attached hydrogens (tertiary/aromatic N) is 3. The van der Waals surface area contributed by atoms with Crippen molar-refractivity contribution in [3.8, 4) is 28.3 Å². The topological polar surface area (TPSA) is 85.4 Å². The second-order valence-electron chi connectivity index (χ2n) is 7.59. The van der Waals surface area contributed by atoms with Crippen LogP contribution in [-0.2, 0) is 6.18 Å². The summed E-state index contributed by atoms with van der Waals surface area (Å²) in [6.45, 7) is 3.36. The number of nitrogens with one attached hydrogen (secondary N) is 1. The quantitative estimate of drug-likeness (QED) is 0.408. The van der Waals surface area contributed by atoms with Gasteiger partial charge in [-0.3, -0.25) is 9.89 Å². The number of para-hydroxylation sites is 1. The standard InChI is InChI=1S/C23H17F3N4O3/c1-11-7-9-13(10-8-11)17-19(23(24,25)26)29-30-20(17)27-12(2)16(22(30)31)21-28-18-14(32-3)5-4-6-15(18)33-21/h4-10,29H,1-3H3. The number of aromatic amines is 1. The highest BCUT2D eigenvalue weighted by Gasteiger charge is 2.38. The van der Waals surface area contributed by atoms with Gasteiger partial charge in [0.25, 0.3) is 5.56 Å². The van der Waals surface area contributed by atoms with E-state index in [2.05, 4.69) is 15.1 Å². The first kappa shape index (κ1) is 20.8. The molecule has 2 aromatic carbocycles. The van der Waals surface area contributed by atoms with E-state index in [1.807, 2.05) is 6.92 Å². The smallest absolute Gasteiger partial charge is 0.433 e. The van der Waals surface area contributed by atoms with E-state index in [-0.39, 0.29) is 33.9 Å². The summed E-state index contributed by atoms with van der Waals surface area (Å²) in [5.74, 6) is 0.383. The summed E-state index contributed by atoms with van der Waals surface area (Å²) in [4.78, 5) is 22.1. The summed E-state index contributed by atoms with van der Waals surface area (Å²) in [6, 6.07) is 11.6. The predicted molar refractivity (Wildman–Crippen MR) is 115 cm³/mol. The van der Waals surface area contributed by atoms with Gasteiger partial charge in [0.1, 0.15) is 17.0 Å². The first-order valence-corrected chi connectivity index (χ1v) is 9.92. The van der Waals surface area contributed by atoms with Gasteiger partial charge in [-0.05, 0) is 31.5 Å². The molecule has 0 aliphatic heterocycles. The average Bonchev–Trinajstić information content (AvgIpc) is 3.36. The van der Waals surface area contributed by atoms with Crippen LogP contribution in [0.4, 0.5) is 13.2 Å². The number of halogens is 3. The molecule has 0 saturated carbocycles. The Kier molecular flexibility index (Phi) is 4.55. The summed E-state index contributed by atoms with van der Waals surface area (Å²) in [5.41, 5.74) is -0.0711. The van der Waals surface area contributed by atoms with E-state index in [0.717, 1.165) is 10.1 Å². The molecule has 0 atom stereocenters. The van der Waals surface area contributed by atoms with Crippen LogP contribution in [0, 0.1) is 13.8 Å². The number of aromatic nitrogens is 4. The molecule has 5 aromatic rings. The Morgan fingerprint density at radius 3 is 2.42 bits per heavy atom. The Hall–Kier alpha value is -4.08. The maximum Gasteiger partial charge on any atom is 0.433 e. The molecule has 7 nitrogen and oxygen atoms in total. The highest BCUT2D eigenvalue weighted by molar-refractivity contribution is 5.84. The van der Waals surface area contributed by atoms with Gasteiger partial charge in [0.15, 0.2) is 16.7 Å². The summed E-state index contributed by atoms with van der Waals surface area (Å²) in [6.07, 6.45) is -4.74. The lowest BCUT2D eigenvalue weighted by atomic mass is 10.0. The number of methoxy groups -OCH3 is 1. The Morgan fingerprint density at radius 2 is 1.76 bits per heavy atom. The van der Waals surface area contributed by atoms with Crippen molar-refractivity contribution in [2.75, 3.05) is 7.11 Å². The molecule has 0 saturated heterocycles. The third-order valence-corrected chi connectivity index (χ3v) is 5.40. The molecule has 3 aromatic heterocycles. The predicted octanol–water partition coefficient (Wildman–Crippen LogP) is 5.14. The van der Waals surface area contributed by atoms with Gasteiger partial charge in [-0.2, -0.15) is 17.7 Å². The molecule has 1 N–H and O–H groups in total. The summed E-state index contributed by atoms with van der Waals surface area (Å²) in [5, 5.41) is 2.20. The molecule has 0 aliphatic carbocycles. The minimum Gasteiger partial charge on any atom is -0.494 e. The zero-order chi connectivity index (χ0) is 23.5. The number of fused-ring (bicyclic) bond motifs is 2. The van der Waals surface area contributed by atoms with E-state index in [1.165, 1.54) is 14.0 Å². The number of H-pyrrole nitrogens is 1. The second-order valence-corrected chi connectivity index (χ2v) is 7.59. The molecule has 0 amide bonds. The van der Waals surface area contributed by atoms with Crippen LogP contribution in [0.25, 0.3) is 39.3 Å². The molecule has 0 radical (unpaired) electrons. The lowest BCUT2D eigenvalue weighted by molar-refractivity contribution is -0.140. The summed E-state index contributed by atoms with van der Waals surface area (Å²) >= 11 is 0. The van der Waals surface area contributed by atoms with Crippen molar-refractivity contribution < 1.29 is 22.3 Å². The van der Waals surface area contributed by atoms with Gasteiger partial charge in [-0.25, -0.2) is 9.97 Å². The van der Waals surface area contributed by atoms with Crippen LogP contribution < -0.4 is 10.3 Å². The van der Waals surface area contributed by atoms with Crippen LogP contribution >= 0.6 is 0 Å². The van der Waals surface area contributed by atoms with Crippen LogP contribution in [0.1, 0.15) is 17.0 Å². The Labute approximate surface area is 184 Å². The minimum absolute atomic E-state index is 0.0452. The Bertz CT molecular complexity index is 1580. The monoisotopic (exact) mass is 454 g/mol. The van der Waals surface area contributed by atoms with E-state index >= 15 is 0 Å². The molecule has 3 heterocycles. The number of ether oxygens (including phenoxy) is 1. The zero-order valence-electron chi connectivity index (χ0n) is 17.7. The average molecular weight is 454 g/mol. The van der Waals surface area contributed by atoms with Crippen molar-refractivity contribution in [2.24, 2.45) is 0 Å². The largest absolute Gasteiger partial charge is 0.494 e. The number of benzene rings is 2. The third kappa shape index (κ3) is 3.25. The number of oxazole rings is 1. The van der Waals surface area contributed by atoms with E-state index in [0.29, 0.717) is 16.8 Å². The number of rotatable bonds is 3. The molecular weight excluding hydrogens is 437 g/mol. The molecule has 168 valence electrons. The number of alkyl halides is 3. The number of hydrogen-bond acceptors (Lipinski definition) is 5. The van der Waals surface area contributed by atoms with Crippen molar-refractivity contribution in [1.82, 2.24) is 19.6 Å². The normalized spacial score (nSPS) is 12.1. The maximum atomic E-state index is 13.9. The molecule has 33 heavy (non-hydrogen) atoms. The maximum absolute atomic E-state index is 13.9. The van der Waals surface area contributed by atoms with Crippen LogP contribution in [0.3, 0.4) is 0 Å². The molecular formula is C23H17F3N4O3. The fraction of sp³-hybridized carbons (Fsp3) is 0.174. The van der Waals surface area contributed by atoms with E-state index < -0.39 is 17.4 Å². The van der Waals surface area contributed by atoms with Gasteiger partial charge in [-0.15, -0.1) is 0 Å². The van der Waals surface area contributed by atoms with E-state index in [4.69, 9.17) is 9.15 Å². The Morgan fingerprint density at radius 1 is 1.03 bits per heavy atom. The molecule has 5 rings (SSSR count). The van der Waals surface area contributed by atoms with Gasteiger partial charge in [0, 0.05) is 0 Å². The second kappa shape index (κ2) is 7.22. The van der Waals surface area contributed by atoms with Crippen LogP contribution in [-0.4, -0.2) is 26.7 Å². The van der Waals surface area contributed by atoms with Crippen LogP contribution in [0.5, 0.6) is 5.75 Å². The van der Waals surface area contributed by atoms with Crippen molar-refractivity contribution in [3.63, 3.8) is 0 Å². The van der Waals surface area contributed by atoms with Crippen LogP contribution in [0.2, 0.25) is 0 Å². The number of aryl methyl sites for hydroxylation is 2. The number of hydrogen-bond donors (Lipinski definition) is 1. The fourth-order valence-electron chi connectivity index (χ4n) is 3.82. The highest BCUT2D eigenvalue weighted by atomic mass is 19.4. The molecule has 0 spiro atoms. The van der Waals surface area contributed by atoms with Crippen molar-refractivity contribution in [3.05, 3.63) is 69.8 Å². The van der Waals surface area contributed by atoms with Crippen molar-refractivity contribution >= 4 is 16.7 Å². The molecule has 0 aliphatic rings. The summed E-state index contributed by atoms with van der Waals surface area (Å²) in [7, 11) is 1.47. The SMILES string of the molecule is COc1cccc2oc(-c3c(C)nc4c(-c5ccc(C)cc5)c(C(F)(F)F)[nH]n4c3=O)nc12. The molecule has 0 unspecified atom stereocenters. The van der Waals surface area contributed by atoms with Crippen molar-refractivity contribution in [1.29, 1.82) is 0 Å². The van der Waals surface area contributed by atoms with E-state index in [9.17, 15) is 18.0 Å². The summed E-state index contributed by atoms with van der Waals surface area (Å²) < 4.78 is 53.5. The van der Waals surface area contributed by atoms with Gasteiger partial charge in [-0.1, -0.05) is 35.9 Å². The first-order valence-electron chi connectivity index (χ1n) is 9.92. The van der Waals surface area contributed by atoms with Gasteiger partial charge in [0.05, 0.1) is 18.4 Å². The van der Waals surface area contributed by atoms with E-state index in [1.54, 1.807) is 42.5 Å². The van der Waals surface area contributed by atoms with Crippen molar-refractivity contribution in [2.45, 2.75) is 20.0 Å². The minimum atomic E-state index is -4.74. The molecule has 10 heteroatoms. The zero-order valence-corrected chi connectivity index (χ0v) is 17.7.